The normalized spacial score (nSPS) is 15.9. The van der Waals surface area contributed by atoms with Gasteiger partial charge in [-0.25, -0.2) is 8.42 Å². The molecule has 0 N–H and O–H groups in total. The first kappa shape index (κ1) is 27.1. The molecule has 1 saturated heterocycles. The van der Waals surface area contributed by atoms with Gasteiger partial charge in [-0.05, 0) is 37.3 Å². The summed E-state index contributed by atoms with van der Waals surface area (Å²) >= 11 is 0.952. The van der Waals surface area contributed by atoms with Gasteiger partial charge in [0, 0.05) is 18.7 Å². The Balaban J connectivity index is 1.83. The monoisotopic (exact) mass is 556 g/mol. The van der Waals surface area contributed by atoms with Gasteiger partial charge in [0.15, 0.2) is 11.0 Å². The molecular formula is C23H23F3N4O5S2. The van der Waals surface area contributed by atoms with E-state index in [1.165, 1.54) is 46.3 Å². The topological polar surface area (TPSA) is 104 Å². The molecule has 14 heteroatoms. The predicted molar refractivity (Wildman–Crippen MR) is 129 cm³/mol. The van der Waals surface area contributed by atoms with Gasteiger partial charge in [0.1, 0.15) is 5.25 Å². The van der Waals surface area contributed by atoms with E-state index < -0.39 is 33.0 Å². The molecule has 0 saturated carbocycles. The van der Waals surface area contributed by atoms with Crippen LogP contribution in [0.5, 0.6) is 0 Å². The summed E-state index contributed by atoms with van der Waals surface area (Å²) in [5, 5.41) is 7.67. The summed E-state index contributed by atoms with van der Waals surface area (Å²) in [6.45, 7) is 2.54. The van der Waals surface area contributed by atoms with Crippen molar-refractivity contribution in [3.63, 3.8) is 0 Å². The maximum Gasteiger partial charge on any atom is 0.416 e. The van der Waals surface area contributed by atoms with E-state index in [0.29, 0.717) is 5.56 Å². The highest BCUT2D eigenvalue weighted by molar-refractivity contribution is 8.00. The van der Waals surface area contributed by atoms with Crippen LogP contribution in [-0.4, -0.2) is 72.1 Å². The van der Waals surface area contributed by atoms with E-state index in [0.717, 1.165) is 23.9 Å². The molecule has 0 bridgehead atoms. The Hall–Kier alpha value is -2.94. The summed E-state index contributed by atoms with van der Waals surface area (Å²) in [4.78, 5) is 12.0. The quantitative estimate of drug-likeness (QED) is 0.321. The minimum absolute atomic E-state index is 0.00243. The van der Waals surface area contributed by atoms with Crippen molar-refractivity contribution in [3.8, 4) is 17.1 Å². The molecule has 1 atom stereocenters. The van der Waals surface area contributed by atoms with E-state index in [1.54, 1.807) is 13.0 Å². The van der Waals surface area contributed by atoms with Gasteiger partial charge in [-0.1, -0.05) is 30.0 Å². The van der Waals surface area contributed by atoms with Crippen molar-refractivity contribution in [2.24, 2.45) is 0 Å². The van der Waals surface area contributed by atoms with E-state index in [1.807, 2.05) is 0 Å². The number of ether oxygens (including phenoxy) is 2. The summed E-state index contributed by atoms with van der Waals surface area (Å²) < 4.78 is 79.4. The van der Waals surface area contributed by atoms with Gasteiger partial charge in [-0.3, -0.25) is 9.36 Å². The first-order chi connectivity index (χ1) is 17.5. The van der Waals surface area contributed by atoms with E-state index in [-0.39, 0.29) is 47.9 Å². The van der Waals surface area contributed by atoms with Crippen LogP contribution in [0.25, 0.3) is 17.1 Å². The number of hydrogen-bond acceptors (Lipinski definition) is 8. The highest BCUT2D eigenvalue weighted by Crippen LogP contribution is 2.35. The molecule has 0 unspecified atom stereocenters. The summed E-state index contributed by atoms with van der Waals surface area (Å²) in [5.41, 5.74) is -0.474. The Morgan fingerprint density at radius 2 is 1.81 bits per heavy atom. The summed E-state index contributed by atoms with van der Waals surface area (Å²) in [6.07, 6.45) is -4.59. The van der Waals surface area contributed by atoms with Crippen molar-refractivity contribution in [2.75, 3.05) is 33.4 Å². The SMILES string of the molecule is COC(=O)[C@H](C)Sc1nnc(-c2cccc(S(=O)(=O)N3CCOCC3)c2)n1-c1cccc(C(F)(F)F)c1. The number of benzene rings is 2. The molecule has 1 aliphatic rings. The predicted octanol–water partition coefficient (Wildman–Crippen LogP) is 3.63. The smallest absolute Gasteiger partial charge is 0.416 e. The van der Waals surface area contributed by atoms with Gasteiger partial charge in [-0.2, -0.15) is 17.5 Å². The van der Waals surface area contributed by atoms with Crippen molar-refractivity contribution in [3.05, 3.63) is 54.1 Å². The molecule has 0 spiro atoms. The van der Waals surface area contributed by atoms with Crippen LogP contribution < -0.4 is 0 Å². The highest BCUT2D eigenvalue weighted by Gasteiger charge is 2.32. The van der Waals surface area contributed by atoms with Gasteiger partial charge in [0.2, 0.25) is 10.0 Å². The molecule has 1 fully saturated rings. The zero-order chi connectivity index (χ0) is 26.8. The molecule has 9 nitrogen and oxygen atoms in total. The molecule has 1 aromatic heterocycles. The largest absolute Gasteiger partial charge is 0.468 e. The second kappa shape index (κ2) is 10.8. The van der Waals surface area contributed by atoms with E-state index in [9.17, 15) is 26.4 Å². The molecule has 3 aromatic rings. The number of nitrogens with zero attached hydrogens (tertiary/aromatic N) is 4. The fourth-order valence-electron chi connectivity index (χ4n) is 3.69. The number of alkyl halides is 3. The average Bonchev–Trinajstić information content (AvgIpc) is 3.31. The highest BCUT2D eigenvalue weighted by atomic mass is 32.2. The van der Waals surface area contributed by atoms with Crippen molar-refractivity contribution >= 4 is 27.8 Å². The van der Waals surface area contributed by atoms with Crippen LogP contribution in [-0.2, 0) is 30.5 Å². The molecule has 0 aliphatic carbocycles. The Bertz CT molecular complexity index is 1390. The number of hydrogen-bond donors (Lipinski definition) is 0. The Labute approximate surface area is 215 Å². The number of morpholine rings is 1. The van der Waals surface area contributed by atoms with Crippen LogP contribution in [0.1, 0.15) is 12.5 Å². The Kier molecular flexibility index (Phi) is 7.92. The molecule has 0 radical (unpaired) electrons. The number of esters is 1. The Morgan fingerprint density at radius 3 is 2.49 bits per heavy atom. The number of carbonyl (C=O) groups is 1. The molecule has 198 valence electrons. The lowest BCUT2D eigenvalue weighted by atomic mass is 10.1. The summed E-state index contributed by atoms with van der Waals surface area (Å²) in [7, 11) is -2.62. The maximum absolute atomic E-state index is 13.5. The fourth-order valence-corrected chi connectivity index (χ4v) is 6.04. The first-order valence-corrected chi connectivity index (χ1v) is 13.4. The Morgan fingerprint density at radius 1 is 1.11 bits per heavy atom. The first-order valence-electron chi connectivity index (χ1n) is 11.1. The third-order valence-corrected chi connectivity index (χ3v) is 8.50. The molecular weight excluding hydrogens is 533 g/mol. The standard InChI is InChI=1S/C23H23F3N4O5S2/c1-15(21(31)34-2)36-22-28-27-20(30(22)18-7-4-6-17(14-18)23(24,25)26)16-5-3-8-19(13-16)37(32,33)29-9-11-35-12-10-29/h3-8,13-15H,9-12H2,1-2H3/t15-/m0/s1. The van der Waals surface area contributed by atoms with Gasteiger partial charge < -0.3 is 9.47 Å². The van der Waals surface area contributed by atoms with Crippen LogP contribution in [0.4, 0.5) is 13.2 Å². The van der Waals surface area contributed by atoms with Gasteiger partial charge in [-0.15, -0.1) is 10.2 Å². The number of sulfonamides is 1. The number of carbonyl (C=O) groups excluding carboxylic acids is 1. The van der Waals surface area contributed by atoms with E-state index in [4.69, 9.17) is 9.47 Å². The minimum Gasteiger partial charge on any atom is -0.468 e. The lowest BCUT2D eigenvalue weighted by Gasteiger charge is -2.26. The van der Waals surface area contributed by atoms with Crippen molar-refractivity contribution < 1.29 is 35.9 Å². The second-order valence-electron chi connectivity index (χ2n) is 8.02. The summed E-state index contributed by atoms with van der Waals surface area (Å²) in [5.74, 6) is -0.443. The fraction of sp³-hybridized carbons (Fsp3) is 0.348. The van der Waals surface area contributed by atoms with Gasteiger partial charge in [0.25, 0.3) is 0 Å². The lowest BCUT2D eigenvalue weighted by Crippen LogP contribution is -2.40. The van der Waals surface area contributed by atoms with Crippen LogP contribution >= 0.6 is 11.8 Å². The molecule has 37 heavy (non-hydrogen) atoms. The molecule has 4 rings (SSSR count). The zero-order valence-electron chi connectivity index (χ0n) is 19.8. The lowest BCUT2D eigenvalue weighted by molar-refractivity contribution is -0.139. The molecule has 2 heterocycles. The number of rotatable bonds is 7. The summed E-state index contributed by atoms with van der Waals surface area (Å²) in [6, 6.07) is 10.5. The molecule has 1 aliphatic heterocycles. The number of thioether (sulfide) groups is 1. The number of halogens is 3. The van der Waals surface area contributed by atoms with Gasteiger partial charge >= 0.3 is 12.1 Å². The molecule has 0 amide bonds. The van der Waals surface area contributed by atoms with E-state index in [2.05, 4.69) is 10.2 Å². The minimum atomic E-state index is -4.59. The second-order valence-corrected chi connectivity index (χ2v) is 11.3. The third-order valence-electron chi connectivity index (χ3n) is 5.58. The van der Waals surface area contributed by atoms with Crippen molar-refractivity contribution in [1.82, 2.24) is 19.1 Å². The van der Waals surface area contributed by atoms with Crippen LogP contribution in [0.2, 0.25) is 0 Å². The average molecular weight is 557 g/mol. The third kappa shape index (κ3) is 5.81. The number of methoxy groups -OCH3 is 1. The van der Waals surface area contributed by atoms with E-state index >= 15 is 0 Å². The number of aromatic nitrogens is 3. The van der Waals surface area contributed by atoms with Crippen molar-refractivity contribution in [1.29, 1.82) is 0 Å². The van der Waals surface area contributed by atoms with Crippen molar-refractivity contribution in [2.45, 2.75) is 28.4 Å². The van der Waals surface area contributed by atoms with Crippen LogP contribution in [0.15, 0.2) is 58.6 Å². The van der Waals surface area contributed by atoms with Crippen LogP contribution in [0, 0.1) is 0 Å². The maximum atomic E-state index is 13.5. The van der Waals surface area contributed by atoms with Gasteiger partial charge in [0.05, 0.1) is 36.5 Å². The van der Waals surface area contributed by atoms with Crippen LogP contribution in [0.3, 0.4) is 0 Å². The molecule has 2 aromatic carbocycles. The zero-order valence-corrected chi connectivity index (χ0v) is 21.4.